The number of azide groups is 1. The maximum absolute atomic E-state index is 12.2. The number of halogens is 1. The number of nitrogens with one attached hydrogen (secondary N) is 1. The van der Waals surface area contributed by atoms with Crippen LogP contribution in [0.4, 0.5) is 0 Å². The Balaban J connectivity index is 0.00000280. The third-order valence-corrected chi connectivity index (χ3v) is 4.12. The largest absolute Gasteiger partial charge is 1.00 e. The number of nitrogens with zero attached hydrogens (tertiary/aromatic N) is 5. The number of pyridine rings is 1. The van der Waals surface area contributed by atoms with Gasteiger partial charge in [0.15, 0.2) is 12.4 Å². The number of H-pyrrole nitrogens is 1. The first kappa shape index (κ1) is 21.6. The highest BCUT2D eigenvalue weighted by Gasteiger charge is 2.37. The zero-order valence-corrected chi connectivity index (χ0v) is 16.9. The van der Waals surface area contributed by atoms with E-state index in [4.69, 9.17) is 15.0 Å². The molecule has 3 rings (SSSR count). The van der Waals surface area contributed by atoms with E-state index < -0.39 is 35.6 Å². The van der Waals surface area contributed by atoms with E-state index in [0.717, 1.165) is 0 Å². The summed E-state index contributed by atoms with van der Waals surface area (Å²) in [7, 11) is 1.78. The molecule has 1 unspecified atom stereocenters. The normalized spacial score (nSPS) is 20.7. The van der Waals surface area contributed by atoms with E-state index in [1.807, 2.05) is 0 Å². The van der Waals surface area contributed by atoms with Crippen molar-refractivity contribution >= 4 is 5.97 Å². The van der Waals surface area contributed by atoms with Crippen molar-refractivity contribution in [2.45, 2.75) is 24.8 Å². The van der Waals surface area contributed by atoms with Gasteiger partial charge in [0.05, 0.1) is 6.04 Å². The van der Waals surface area contributed by atoms with Gasteiger partial charge in [0.25, 0.3) is 5.56 Å². The summed E-state index contributed by atoms with van der Waals surface area (Å²) in [6, 6.07) is 3.89. The predicted octanol–water partition coefficient (Wildman–Crippen LogP) is -2.81. The average Bonchev–Trinajstić information content (AvgIpc) is 3.02. The lowest BCUT2D eigenvalue weighted by molar-refractivity contribution is -0.671. The minimum atomic E-state index is -0.747. The van der Waals surface area contributed by atoms with Crippen LogP contribution < -0.4 is 39.8 Å². The van der Waals surface area contributed by atoms with Gasteiger partial charge in [-0.2, -0.15) is 0 Å². The Kier molecular flexibility index (Phi) is 7.31. The van der Waals surface area contributed by atoms with Gasteiger partial charge < -0.3 is 33.5 Å². The topological polar surface area (TPSA) is 143 Å². The quantitative estimate of drug-likeness (QED) is 0.118. The van der Waals surface area contributed by atoms with Crippen molar-refractivity contribution in [1.82, 2.24) is 9.55 Å². The average molecular weight is 500 g/mol. The summed E-state index contributed by atoms with van der Waals surface area (Å²) < 4.78 is 13.9. The molecule has 0 aliphatic carbocycles. The van der Waals surface area contributed by atoms with E-state index in [1.54, 1.807) is 36.1 Å². The smallest absolute Gasteiger partial charge is 0.344 e. The second-order valence-electron chi connectivity index (χ2n) is 6.01. The Bertz CT molecular complexity index is 1010. The van der Waals surface area contributed by atoms with E-state index in [1.165, 1.54) is 16.8 Å². The lowest BCUT2D eigenvalue weighted by Crippen LogP contribution is -3.00. The number of hydrogen-bond donors (Lipinski definition) is 1. The van der Waals surface area contributed by atoms with Gasteiger partial charge in [0, 0.05) is 29.7 Å². The third-order valence-electron chi connectivity index (χ3n) is 4.12. The van der Waals surface area contributed by atoms with Crippen LogP contribution >= 0.6 is 0 Å². The van der Waals surface area contributed by atoms with Gasteiger partial charge in [0.2, 0.25) is 0 Å². The second-order valence-corrected chi connectivity index (χ2v) is 6.01. The number of hydrogen-bond acceptors (Lipinski definition) is 6. The molecule has 11 nitrogen and oxygen atoms in total. The van der Waals surface area contributed by atoms with E-state index in [0.29, 0.717) is 5.56 Å². The molecule has 3 atom stereocenters. The molecule has 0 radical (unpaired) electrons. The maximum atomic E-state index is 12.2. The first-order valence-corrected chi connectivity index (χ1v) is 8.11. The molecule has 1 aliphatic heterocycles. The lowest BCUT2D eigenvalue weighted by Gasteiger charge is -2.16. The standard InChI is InChI=1S/C16H16N6O5.HI/c1-21-5-2-3-10(8-21)15(24)26-9-12-11(19-20-17)7-14(27-12)22-6-4-13(23)18-16(22)25;/h2-6,8,11-12,14H,7,9H2,1H3;1H/t11?,12-,14-;/m1./s1. The first-order chi connectivity index (χ1) is 13.0. The van der Waals surface area contributed by atoms with E-state index in [2.05, 4.69) is 15.0 Å². The molecule has 1 aliphatic rings. The third kappa shape index (κ3) is 4.97. The van der Waals surface area contributed by atoms with Crippen LogP contribution in [0.25, 0.3) is 10.4 Å². The van der Waals surface area contributed by atoms with Crippen LogP contribution in [0.1, 0.15) is 23.0 Å². The van der Waals surface area contributed by atoms with Crippen LogP contribution in [0.5, 0.6) is 0 Å². The van der Waals surface area contributed by atoms with Gasteiger partial charge in [0.1, 0.15) is 31.5 Å². The van der Waals surface area contributed by atoms with Gasteiger partial charge in [-0.05, 0) is 11.6 Å². The summed E-state index contributed by atoms with van der Waals surface area (Å²) in [4.78, 5) is 40.2. The van der Waals surface area contributed by atoms with Gasteiger partial charge in [-0.3, -0.25) is 14.3 Å². The van der Waals surface area contributed by atoms with Crippen LogP contribution in [0.2, 0.25) is 0 Å². The number of ether oxygens (including phenoxy) is 2. The molecule has 148 valence electrons. The molecule has 0 aromatic carbocycles. The van der Waals surface area contributed by atoms with Crippen molar-refractivity contribution in [3.8, 4) is 0 Å². The molecule has 0 spiro atoms. The Labute approximate surface area is 175 Å². The second kappa shape index (κ2) is 9.48. The Morgan fingerprint density at radius 3 is 2.96 bits per heavy atom. The van der Waals surface area contributed by atoms with Gasteiger partial charge in [-0.25, -0.2) is 14.2 Å². The first-order valence-electron chi connectivity index (χ1n) is 8.11. The zero-order chi connectivity index (χ0) is 19.4. The molecule has 0 saturated carbocycles. The molecular weight excluding hydrogens is 483 g/mol. The SMILES string of the molecule is C[n+]1cccc(C(=O)OC[C@H]2O[C@@H](n3ccc(=O)[nH]c3=O)CC2N=[N+]=[N-])c1.[I-]. The van der Waals surface area contributed by atoms with E-state index >= 15 is 0 Å². The fraction of sp³-hybridized carbons (Fsp3) is 0.375. The molecule has 2 aromatic heterocycles. The highest BCUT2D eigenvalue weighted by atomic mass is 127. The molecular formula is C16H17IN6O5. The van der Waals surface area contributed by atoms with Gasteiger partial charge >= 0.3 is 11.7 Å². The zero-order valence-electron chi connectivity index (χ0n) is 14.8. The minimum Gasteiger partial charge on any atom is -1.00 e. The minimum absolute atomic E-state index is 0. The van der Waals surface area contributed by atoms with Crippen molar-refractivity contribution in [2.75, 3.05) is 6.61 Å². The number of aromatic nitrogens is 3. The van der Waals surface area contributed by atoms with E-state index in [9.17, 15) is 14.4 Å². The molecule has 1 saturated heterocycles. The number of aromatic amines is 1. The summed E-state index contributed by atoms with van der Waals surface area (Å²) >= 11 is 0. The fourth-order valence-corrected chi connectivity index (χ4v) is 2.83. The number of rotatable bonds is 5. The number of carbonyl (C=O) groups excluding carboxylic acids is 1. The van der Waals surface area contributed by atoms with Crippen LogP contribution in [-0.2, 0) is 16.5 Å². The molecule has 1 N–H and O–H groups in total. The van der Waals surface area contributed by atoms with Crippen molar-refractivity contribution < 1.29 is 42.8 Å². The molecule has 12 heteroatoms. The highest BCUT2D eigenvalue weighted by Crippen LogP contribution is 2.30. The van der Waals surface area contributed by atoms with Gasteiger partial charge in [-0.15, -0.1) is 0 Å². The van der Waals surface area contributed by atoms with Gasteiger partial charge in [-0.1, -0.05) is 5.11 Å². The molecule has 28 heavy (non-hydrogen) atoms. The van der Waals surface area contributed by atoms with Crippen LogP contribution in [0.15, 0.2) is 51.5 Å². The summed E-state index contributed by atoms with van der Waals surface area (Å²) in [5.41, 5.74) is 7.96. The highest BCUT2D eigenvalue weighted by molar-refractivity contribution is 5.88. The van der Waals surface area contributed by atoms with Crippen molar-refractivity contribution in [1.29, 1.82) is 0 Å². The number of carbonyl (C=O) groups is 1. The van der Waals surface area contributed by atoms with Crippen LogP contribution in [-0.4, -0.2) is 34.3 Å². The summed E-state index contributed by atoms with van der Waals surface area (Å²) in [6.45, 7) is -0.143. The summed E-state index contributed by atoms with van der Waals surface area (Å²) in [5, 5.41) is 3.67. The lowest BCUT2D eigenvalue weighted by atomic mass is 10.1. The number of aryl methyl sites for hydroxylation is 1. The molecule has 2 aromatic rings. The van der Waals surface area contributed by atoms with Crippen molar-refractivity contribution in [2.24, 2.45) is 12.2 Å². The Morgan fingerprint density at radius 1 is 1.50 bits per heavy atom. The summed E-state index contributed by atoms with van der Waals surface area (Å²) in [5.74, 6) is -0.542. The van der Waals surface area contributed by atoms with Crippen molar-refractivity contribution in [3.63, 3.8) is 0 Å². The Morgan fingerprint density at radius 2 is 2.29 bits per heavy atom. The molecule has 1 fully saturated rings. The molecule has 0 bridgehead atoms. The van der Waals surface area contributed by atoms with Crippen LogP contribution in [0, 0.1) is 0 Å². The Hall–Kier alpha value is -2.70. The monoisotopic (exact) mass is 500 g/mol. The van der Waals surface area contributed by atoms with E-state index in [-0.39, 0.29) is 37.0 Å². The van der Waals surface area contributed by atoms with Crippen LogP contribution in [0.3, 0.4) is 0 Å². The fourth-order valence-electron chi connectivity index (χ4n) is 2.83. The molecule has 0 amide bonds. The van der Waals surface area contributed by atoms with Crippen molar-refractivity contribution in [3.05, 3.63) is 73.6 Å². The summed E-state index contributed by atoms with van der Waals surface area (Å²) in [6.07, 6.45) is 3.44. The predicted molar refractivity (Wildman–Crippen MR) is 90.7 cm³/mol. The maximum Gasteiger partial charge on any atom is 0.344 e. The molecule has 3 heterocycles. The number of esters is 1.